The van der Waals surface area contributed by atoms with E-state index in [0.29, 0.717) is 19.3 Å². The summed E-state index contributed by atoms with van der Waals surface area (Å²) in [6, 6.07) is 16.4. The smallest absolute Gasteiger partial charge is 0.224 e. The lowest BCUT2D eigenvalue weighted by Crippen LogP contribution is -2.11. The van der Waals surface area contributed by atoms with E-state index in [0.717, 1.165) is 39.1 Å². The highest BCUT2D eigenvalue weighted by atomic mass is 19.1. The number of benzene rings is 2. The van der Waals surface area contributed by atoms with Crippen LogP contribution in [-0.4, -0.2) is 15.9 Å². The van der Waals surface area contributed by atoms with Crippen LogP contribution in [0.2, 0.25) is 0 Å². The largest absolute Gasteiger partial charge is 0.353 e. The second kappa shape index (κ2) is 8.49. The SMILES string of the molecule is Cc1ccc(NC(=O)CCCc2c(-c3ccccn3)[nH]c3ccc(F)cc23)cc1C. The average Bonchev–Trinajstić information content (AvgIpc) is 3.09. The molecule has 0 saturated carbocycles. The van der Waals surface area contributed by atoms with Gasteiger partial charge in [0.2, 0.25) is 5.91 Å². The van der Waals surface area contributed by atoms with Crippen molar-refractivity contribution < 1.29 is 9.18 Å². The Hall–Kier alpha value is -3.47. The van der Waals surface area contributed by atoms with E-state index in [9.17, 15) is 9.18 Å². The molecule has 0 saturated heterocycles. The van der Waals surface area contributed by atoms with Crippen LogP contribution >= 0.6 is 0 Å². The van der Waals surface area contributed by atoms with Crippen molar-refractivity contribution in [2.75, 3.05) is 5.32 Å². The van der Waals surface area contributed by atoms with Crippen molar-refractivity contribution in [3.63, 3.8) is 0 Å². The Labute approximate surface area is 175 Å². The lowest BCUT2D eigenvalue weighted by molar-refractivity contribution is -0.116. The normalized spacial score (nSPS) is 11.0. The van der Waals surface area contributed by atoms with Gasteiger partial charge in [-0.05, 0) is 85.8 Å². The van der Waals surface area contributed by atoms with Crippen molar-refractivity contribution in [1.82, 2.24) is 9.97 Å². The van der Waals surface area contributed by atoms with Crippen molar-refractivity contribution in [3.05, 3.63) is 83.3 Å². The number of halogens is 1. The first-order chi connectivity index (χ1) is 14.5. The van der Waals surface area contributed by atoms with Gasteiger partial charge in [-0.25, -0.2) is 4.39 Å². The van der Waals surface area contributed by atoms with Gasteiger partial charge in [0.25, 0.3) is 0 Å². The van der Waals surface area contributed by atoms with E-state index in [2.05, 4.69) is 15.3 Å². The number of nitrogens with zero attached hydrogens (tertiary/aromatic N) is 1. The molecule has 0 spiro atoms. The molecule has 2 aromatic carbocycles. The Morgan fingerprint density at radius 3 is 2.70 bits per heavy atom. The zero-order valence-corrected chi connectivity index (χ0v) is 17.1. The van der Waals surface area contributed by atoms with Crippen LogP contribution in [-0.2, 0) is 11.2 Å². The number of aromatic nitrogens is 2. The Bertz CT molecular complexity index is 1200. The van der Waals surface area contributed by atoms with Crippen LogP contribution in [0.1, 0.15) is 29.5 Å². The maximum Gasteiger partial charge on any atom is 0.224 e. The summed E-state index contributed by atoms with van der Waals surface area (Å²) in [5.41, 5.74) is 6.70. The van der Waals surface area contributed by atoms with Gasteiger partial charge in [0, 0.05) is 29.2 Å². The fourth-order valence-corrected chi connectivity index (χ4v) is 3.68. The number of aryl methyl sites for hydroxylation is 3. The molecule has 2 aromatic heterocycles. The fraction of sp³-hybridized carbons (Fsp3) is 0.200. The summed E-state index contributed by atoms with van der Waals surface area (Å²) in [6.45, 7) is 4.07. The van der Waals surface area contributed by atoms with Crippen LogP contribution in [0.5, 0.6) is 0 Å². The maximum absolute atomic E-state index is 13.9. The van der Waals surface area contributed by atoms with Gasteiger partial charge >= 0.3 is 0 Å². The van der Waals surface area contributed by atoms with Gasteiger partial charge in [-0.15, -0.1) is 0 Å². The van der Waals surface area contributed by atoms with Crippen LogP contribution in [0.3, 0.4) is 0 Å². The molecular weight excluding hydrogens is 377 g/mol. The quantitative estimate of drug-likeness (QED) is 0.420. The van der Waals surface area contributed by atoms with Gasteiger partial charge in [-0.2, -0.15) is 0 Å². The monoisotopic (exact) mass is 401 g/mol. The number of hydrogen-bond acceptors (Lipinski definition) is 2. The van der Waals surface area contributed by atoms with Crippen LogP contribution in [0.25, 0.3) is 22.3 Å². The average molecular weight is 401 g/mol. The molecule has 4 rings (SSSR count). The zero-order chi connectivity index (χ0) is 21.1. The standard InChI is InChI=1S/C25H24FN3O/c1-16-9-11-19(14-17(16)2)28-24(30)8-5-6-20-21-15-18(26)10-12-22(21)29-25(20)23-7-3-4-13-27-23/h3-4,7,9-15,29H,5-6,8H2,1-2H3,(H,28,30). The van der Waals surface area contributed by atoms with Crippen molar-refractivity contribution in [2.45, 2.75) is 33.1 Å². The molecule has 0 aliphatic rings. The Morgan fingerprint density at radius 2 is 1.93 bits per heavy atom. The van der Waals surface area contributed by atoms with Crippen molar-refractivity contribution in [3.8, 4) is 11.4 Å². The number of anilines is 1. The highest BCUT2D eigenvalue weighted by molar-refractivity contribution is 5.92. The molecular formula is C25H24FN3O. The van der Waals surface area contributed by atoms with Gasteiger partial charge in [0.15, 0.2) is 0 Å². The van der Waals surface area contributed by atoms with Gasteiger partial charge < -0.3 is 10.3 Å². The molecule has 0 aliphatic heterocycles. The summed E-state index contributed by atoms with van der Waals surface area (Å²) in [6.07, 6.45) is 3.43. The molecule has 0 aliphatic carbocycles. The molecule has 2 heterocycles. The molecule has 2 N–H and O–H groups in total. The third-order valence-electron chi connectivity index (χ3n) is 5.41. The number of rotatable bonds is 6. The molecule has 0 fully saturated rings. The summed E-state index contributed by atoms with van der Waals surface area (Å²) in [7, 11) is 0. The summed E-state index contributed by atoms with van der Waals surface area (Å²) in [5, 5.41) is 3.80. The summed E-state index contributed by atoms with van der Waals surface area (Å²) in [5.74, 6) is -0.300. The minimum absolute atomic E-state index is 0.0244. The number of pyridine rings is 1. The van der Waals surface area contributed by atoms with Crippen molar-refractivity contribution in [2.24, 2.45) is 0 Å². The van der Waals surface area contributed by atoms with Gasteiger partial charge in [0.1, 0.15) is 5.82 Å². The molecule has 4 aromatic rings. The number of nitrogens with one attached hydrogen (secondary N) is 2. The summed E-state index contributed by atoms with van der Waals surface area (Å²) >= 11 is 0. The molecule has 4 nitrogen and oxygen atoms in total. The van der Waals surface area contributed by atoms with E-state index in [1.54, 1.807) is 18.3 Å². The molecule has 5 heteroatoms. The van der Waals surface area contributed by atoms with Crippen LogP contribution in [0.15, 0.2) is 60.8 Å². The minimum atomic E-state index is -0.275. The van der Waals surface area contributed by atoms with Gasteiger partial charge in [-0.1, -0.05) is 12.1 Å². The number of aromatic amines is 1. The van der Waals surface area contributed by atoms with E-state index >= 15 is 0 Å². The topological polar surface area (TPSA) is 57.8 Å². The molecule has 1 amide bonds. The maximum atomic E-state index is 13.9. The number of carbonyl (C=O) groups is 1. The van der Waals surface area contributed by atoms with E-state index in [4.69, 9.17) is 0 Å². The van der Waals surface area contributed by atoms with E-state index in [-0.39, 0.29) is 11.7 Å². The molecule has 0 atom stereocenters. The van der Waals surface area contributed by atoms with Gasteiger partial charge in [0.05, 0.1) is 11.4 Å². The summed E-state index contributed by atoms with van der Waals surface area (Å²) < 4.78 is 13.9. The van der Waals surface area contributed by atoms with Crippen LogP contribution < -0.4 is 5.32 Å². The third kappa shape index (κ3) is 4.25. The second-order valence-corrected chi connectivity index (χ2v) is 7.58. The number of hydrogen-bond donors (Lipinski definition) is 2. The lowest BCUT2D eigenvalue weighted by atomic mass is 10.0. The molecule has 0 bridgehead atoms. The van der Waals surface area contributed by atoms with Gasteiger partial charge in [-0.3, -0.25) is 9.78 Å². The molecule has 152 valence electrons. The van der Waals surface area contributed by atoms with Crippen LogP contribution in [0, 0.1) is 19.7 Å². The fourth-order valence-electron chi connectivity index (χ4n) is 3.68. The lowest BCUT2D eigenvalue weighted by Gasteiger charge is -2.08. The molecule has 0 radical (unpaired) electrons. The Kier molecular flexibility index (Phi) is 5.61. The highest BCUT2D eigenvalue weighted by Crippen LogP contribution is 2.31. The molecule has 30 heavy (non-hydrogen) atoms. The minimum Gasteiger partial charge on any atom is -0.353 e. The first-order valence-corrected chi connectivity index (χ1v) is 10.1. The summed E-state index contributed by atoms with van der Waals surface area (Å²) in [4.78, 5) is 20.2. The highest BCUT2D eigenvalue weighted by Gasteiger charge is 2.15. The van der Waals surface area contributed by atoms with E-state index < -0.39 is 0 Å². The number of fused-ring (bicyclic) bond motifs is 1. The van der Waals surface area contributed by atoms with E-state index in [1.807, 2.05) is 50.2 Å². The first kappa shape index (κ1) is 19.8. The predicted molar refractivity (Wildman–Crippen MR) is 119 cm³/mol. The second-order valence-electron chi connectivity index (χ2n) is 7.58. The van der Waals surface area contributed by atoms with E-state index in [1.165, 1.54) is 11.6 Å². The predicted octanol–water partition coefficient (Wildman–Crippen LogP) is 5.95. The first-order valence-electron chi connectivity index (χ1n) is 10.1. The van der Waals surface area contributed by atoms with Crippen LogP contribution in [0.4, 0.5) is 10.1 Å². The van der Waals surface area contributed by atoms with Crippen molar-refractivity contribution >= 4 is 22.5 Å². The number of amides is 1. The molecule has 0 unspecified atom stereocenters. The number of H-pyrrole nitrogens is 1. The third-order valence-corrected chi connectivity index (χ3v) is 5.41. The Morgan fingerprint density at radius 1 is 1.07 bits per heavy atom. The Balaban J connectivity index is 1.51. The number of carbonyl (C=O) groups excluding carboxylic acids is 1. The van der Waals surface area contributed by atoms with Crippen molar-refractivity contribution in [1.29, 1.82) is 0 Å². The zero-order valence-electron chi connectivity index (χ0n) is 17.1.